The van der Waals surface area contributed by atoms with Crippen LogP contribution in [0.1, 0.15) is 46.9 Å². The monoisotopic (exact) mass is 297 g/mol. The topological polar surface area (TPSA) is 46.6 Å². The van der Waals surface area contributed by atoms with Crippen molar-refractivity contribution < 1.29 is 14.3 Å². The molecule has 0 fully saturated rings. The number of methoxy groups -OCH3 is 1. The number of rotatable bonds is 5. The van der Waals surface area contributed by atoms with E-state index in [4.69, 9.17) is 4.74 Å². The van der Waals surface area contributed by atoms with E-state index >= 15 is 0 Å². The number of unbranched alkanes of at least 4 members (excludes halogenated alkanes) is 2. The Bertz CT molecular complexity index is 751. The summed E-state index contributed by atoms with van der Waals surface area (Å²) in [5, 5.41) is 1.77. The van der Waals surface area contributed by atoms with Gasteiger partial charge in [0.05, 0.1) is 18.2 Å². The van der Waals surface area contributed by atoms with Gasteiger partial charge in [-0.25, -0.2) is 0 Å². The van der Waals surface area contributed by atoms with Crippen LogP contribution in [0, 0.1) is 0 Å². The van der Waals surface area contributed by atoms with Crippen LogP contribution in [0.3, 0.4) is 0 Å². The number of ether oxygens (including phenoxy) is 1. The van der Waals surface area contributed by atoms with Crippen LogP contribution in [0.15, 0.2) is 30.3 Å². The highest BCUT2D eigenvalue weighted by Crippen LogP contribution is 2.32. The molecule has 2 amide bonds. The molecule has 3 rings (SSSR count). The smallest absolute Gasteiger partial charge is 0.261 e. The van der Waals surface area contributed by atoms with Gasteiger partial charge in [-0.2, -0.15) is 0 Å². The van der Waals surface area contributed by atoms with Crippen molar-refractivity contribution in [2.75, 3.05) is 13.7 Å². The van der Waals surface area contributed by atoms with Gasteiger partial charge in [-0.05, 0) is 30.0 Å². The maximum absolute atomic E-state index is 12.5. The lowest BCUT2D eigenvalue weighted by molar-refractivity contribution is 0.0651. The fraction of sp³-hybridized carbons (Fsp3) is 0.333. The maximum Gasteiger partial charge on any atom is 0.261 e. The second-order valence-electron chi connectivity index (χ2n) is 5.55. The molecular weight excluding hydrogens is 278 g/mol. The van der Waals surface area contributed by atoms with E-state index < -0.39 is 0 Å². The molecule has 0 spiro atoms. The van der Waals surface area contributed by atoms with Crippen LogP contribution >= 0.6 is 0 Å². The summed E-state index contributed by atoms with van der Waals surface area (Å²) in [7, 11) is 1.60. The van der Waals surface area contributed by atoms with Crippen LogP contribution in [0.4, 0.5) is 0 Å². The van der Waals surface area contributed by atoms with Crippen molar-refractivity contribution >= 4 is 22.6 Å². The van der Waals surface area contributed by atoms with Gasteiger partial charge in [-0.15, -0.1) is 0 Å². The molecule has 0 aromatic heterocycles. The Hall–Kier alpha value is -2.36. The molecule has 0 radical (unpaired) electrons. The largest absolute Gasteiger partial charge is 0.496 e. The van der Waals surface area contributed by atoms with E-state index in [2.05, 4.69) is 6.92 Å². The van der Waals surface area contributed by atoms with Crippen molar-refractivity contribution in [2.45, 2.75) is 26.2 Å². The van der Waals surface area contributed by atoms with Gasteiger partial charge in [0, 0.05) is 11.9 Å². The van der Waals surface area contributed by atoms with Crippen molar-refractivity contribution in [3.05, 3.63) is 41.5 Å². The zero-order valence-corrected chi connectivity index (χ0v) is 12.9. The van der Waals surface area contributed by atoms with Crippen molar-refractivity contribution in [1.29, 1.82) is 0 Å². The molecule has 0 bridgehead atoms. The van der Waals surface area contributed by atoms with Gasteiger partial charge in [0.1, 0.15) is 5.75 Å². The molecule has 0 saturated heterocycles. The molecule has 1 heterocycles. The number of fused-ring (bicyclic) bond motifs is 2. The van der Waals surface area contributed by atoms with E-state index in [0.717, 1.165) is 30.0 Å². The van der Waals surface area contributed by atoms with E-state index in [1.165, 1.54) is 4.90 Å². The normalized spacial score (nSPS) is 13.8. The highest BCUT2D eigenvalue weighted by atomic mass is 16.5. The number of hydrogen-bond acceptors (Lipinski definition) is 3. The van der Waals surface area contributed by atoms with E-state index in [1.54, 1.807) is 19.2 Å². The van der Waals surface area contributed by atoms with Crippen molar-refractivity contribution in [2.24, 2.45) is 0 Å². The predicted octanol–water partition coefficient (Wildman–Crippen LogP) is 3.63. The molecule has 4 heteroatoms. The molecule has 2 aromatic carbocycles. The fourth-order valence-electron chi connectivity index (χ4n) is 2.93. The summed E-state index contributed by atoms with van der Waals surface area (Å²) in [6, 6.07) is 9.25. The van der Waals surface area contributed by atoms with Gasteiger partial charge in [-0.1, -0.05) is 31.9 Å². The molecule has 2 aromatic rings. The van der Waals surface area contributed by atoms with E-state index in [0.29, 0.717) is 23.4 Å². The second-order valence-corrected chi connectivity index (χ2v) is 5.55. The van der Waals surface area contributed by atoms with Gasteiger partial charge >= 0.3 is 0 Å². The first-order valence-corrected chi connectivity index (χ1v) is 7.64. The number of imide groups is 1. The third kappa shape index (κ3) is 2.25. The van der Waals surface area contributed by atoms with Gasteiger partial charge in [0.25, 0.3) is 11.8 Å². The average Bonchev–Trinajstić information content (AvgIpc) is 2.77. The molecule has 0 aliphatic carbocycles. The number of nitrogens with zero attached hydrogens (tertiary/aromatic N) is 1. The Morgan fingerprint density at radius 1 is 1.05 bits per heavy atom. The Morgan fingerprint density at radius 3 is 2.45 bits per heavy atom. The molecule has 0 saturated carbocycles. The molecule has 1 aliphatic rings. The first-order valence-electron chi connectivity index (χ1n) is 7.64. The Labute approximate surface area is 129 Å². The molecular formula is C18H19NO3. The average molecular weight is 297 g/mol. The quantitative estimate of drug-likeness (QED) is 0.625. The Balaban J connectivity index is 2.03. The number of carbonyl (C=O) groups excluding carboxylic acids is 2. The van der Waals surface area contributed by atoms with Crippen LogP contribution in [-0.2, 0) is 0 Å². The van der Waals surface area contributed by atoms with Gasteiger partial charge in [0.2, 0.25) is 0 Å². The molecule has 0 atom stereocenters. The van der Waals surface area contributed by atoms with Crippen molar-refractivity contribution in [1.82, 2.24) is 4.90 Å². The Morgan fingerprint density at radius 2 is 1.77 bits per heavy atom. The molecule has 114 valence electrons. The Kier molecular flexibility index (Phi) is 3.84. The predicted molar refractivity (Wildman–Crippen MR) is 85.4 cm³/mol. The lowest BCUT2D eigenvalue weighted by Crippen LogP contribution is -2.30. The lowest BCUT2D eigenvalue weighted by Gasteiger charge is -2.12. The van der Waals surface area contributed by atoms with Crippen molar-refractivity contribution in [3.8, 4) is 5.75 Å². The maximum atomic E-state index is 12.5. The number of amides is 2. The second kappa shape index (κ2) is 5.79. The third-order valence-electron chi connectivity index (χ3n) is 4.13. The van der Waals surface area contributed by atoms with Gasteiger partial charge in [0.15, 0.2) is 0 Å². The molecule has 0 unspecified atom stereocenters. The summed E-state index contributed by atoms with van der Waals surface area (Å²) in [5.74, 6) is 0.342. The highest BCUT2D eigenvalue weighted by Gasteiger charge is 2.35. The van der Waals surface area contributed by atoms with Crippen LogP contribution in [0.25, 0.3) is 10.8 Å². The summed E-state index contributed by atoms with van der Waals surface area (Å²) in [6.07, 6.45) is 2.93. The fourth-order valence-corrected chi connectivity index (χ4v) is 2.93. The van der Waals surface area contributed by atoms with E-state index in [9.17, 15) is 9.59 Å². The number of hydrogen-bond donors (Lipinski definition) is 0. The van der Waals surface area contributed by atoms with Crippen LogP contribution in [0.2, 0.25) is 0 Å². The van der Waals surface area contributed by atoms with Crippen LogP contribution < -0.4 is 4.74 Å². The highest BCUT2D eigenvalue weighted by molar-refractivity contribution is 6.23. The minimum atomic E-state index is -0.191. The molecule has 22 heavy (non-hydrogen) atoms. The minimum absolute atomic E-state index is 0.180. The zero-order chi connectivity index (χ0) is 15.7. The van der Waals surface area contributed by atoms with E-state index in [-0.39, 0.29) is 11.8 Å². The van der Waals surface area contributed by atoms with E-state index in [1.807, 2.05) is 18.2 Å². The summed E-state index contributed by atoms with van der Waals surface area (Å²) in [6.45, 7) is 2.59. The SMILES string of the molecule is CCCCCN1C(=O)c2cc3cccc(OC)c3cc2C1=O. The van der Waals surface area contributed by atoms with Gasteiger partial charge in [-0.3, -0.25) is 14.5 Å². The summed E-state index contributed by atoms with van der Waals surface area (Å²) < 4.78 is 5.35. The number of carbonyl (C=O) groups is 2. The first-order chi connectivity index (χ1) is 10.7. The standard InChI is InChI=1S/C18H19NO3/c1-3-4-5-9-19-17(20)14-10-12-7-6-8-16(22-2)13(12)11-15(14)18(19)21/h6-8,10-11H,3-5,9H2,1-2H3. The third-order valence-corrected chi connectivity index (χ3v) is 4.13. The molecule has 4 nitrogen and oxygen atoms in total. The number of benzene rings is 2. The zero-order valence-electron chi connectivity index (χ0n) is 12.9. The lowest BCUT2D eigenvalue weighted by atomic mass is 10.0. The minimum Gasteiger partial charge on any atom is -0.496 e. The van der Waals surface area contributed by atoms with Crippen molar-refractivity contribution in [3.63, 3.8) is 0 Å². The summed E-state index contributed by atoms with van der Waals surface area (Å²) in [5.41, 5.74) is 0.987. The van der Waals surface area contributed by atoms with Crippen LogP contribution in [-0.4, -0.2) is 30.4 Å². The summed E-state index contributed by atoms with van der Waals surface area (Å²) >= 11 is 0. The molecule has 1 aliphatic heterocycles. The van der Waals surface area contributed by atoms with Gasteiger partial charge < -0.3 is 4.74 Å². The summed E-state index contributed by atoms with van der Waals surface area (Å²) in [4.78, 5) is 26.3. The molecule has 0 N–H and O–H groups in total. The van der Waals surface area contributed by atoms with Crippen LogP contribution in [0.5, 0.6) is 5.75 Å². The first kappa shape index (κ1) is 14.6.